The van der Waals surface area contributed by atoms with Crippen LogP contribution in [0.4, 0.5) is 10.1 Å². The molecule has 1 aliphatic rings. The van der Waals surface area contributed by atoms with Crippen LogP contribution >= 0.6 is 0 Å². The fourth-order valence-corrected chi connectivity index (χ4v) is 5.55. The van der Waals surface area contributed by atoms with Crippen LogP contribution in [0.2, 0.25) is 0 Å². The van der Waals surface area contributed by atoms with E-state index in [1.807, 2.05) is 0 Å². The van der Waals surface area contributed by atoms with Crippen LogP contribution in [-0.4, -0.2) is 33.8 Å². The van der Waals surface area contributed by atoms with Gasteiger partial charge in [-0.3, -0.25) is 4.31 Å². The van der Waals surface area contributed by atoms with E-state index in [0.29, 0.717) is 64.4 Å². The predicted molar refractivity (Wildman–Crippen MR) is 145 cm³/mol. The lowest BCUT2D eigenvalue weighted by atomic mass is 9.98. The average Bonchev–Trinajstić information content (AvgIpc) is 3.16. The first-order valence-electron chi connectivity index (χ1n) is 12.1. The molecule has 0 unspecified atom stereocenters. The second-order valence-corrected chi connectivity index (χ2v) is 10.9. The summed E-state index contributed by atoms with van der Waals surface area (Å²) in [5.74, 6) is 0.383. The van der Waals surface area contributed by atoms with E-state index < -0.39 is 16.0 Å². The SMILES string of the molecule is C=C1CCCN(S(C)(=O)=O)c2cc3oc(-c4ccc(Oc5ccc(F)cc5)cc4)c(C(=O)OCC)c3cc21. The van der Waals surface area contributed by atoms with Gasteiger partial charge in [-0.2, -0.15) is 0 Å². The Balaban J connectivity index is 1.62. The van der Waals surface area contributed by atoms with Crippen LogP contribution in [0.5, 0.6) is 11.5 Å². The largest absolute Gasteiger partial charge is 0.462 e. The fourth-order valence-electron chi connectivity index (χ4n) is 4.58. The van der Waals surface area contributed by atoms with Crippen LogP contribution in [0, 0.1) is 5.82 Å². The molecule has 0 saturated carbocycles. The van der Waals surface area contributed by atoms with E-state index >= 15 is 0 Å². The molecule has 9 heteroatoms. The summed E-state index contributed by atoms with van der Waals surface area (Å²) < 4.78 is 57.0. The third-order valence-electron chi connectivity index (χ3n) is 6.34. The predicted octanol–water partition coefficient (Wildman–Crippen LogP) is 6.78. The van der Waals surface area contributed by atoms with Crippen molar-refractivity contribution < 1.29 is 31.5 Å². The van der Waals surface area contributed by atoms with Crippen molar-refractivity contribution >= 4 is 38.2 Å². The number of anilines is 1. The molecule has 0 fully saturated rings. The van der Waals surface area contributed by atoms with Crippen molar-refractivity contribution in [1.82, 2.24) is 0 Å². The van der Waals surface area contributed by atoms with E-state index in [-0.39, 0.29) is 18.0 Å². The van der Waals surface area contributed by atoms with Crippen molar-refractivity contribution in [3.63, 3.8) is 0 Å². The van der Waals surface area contributed by atoms with Gasteiger partial charge >= 0.3 is 5.97 Å². The smallest absolute Gasteiger partial charge is 0.342 e. The minimum atomic E-state index is -3.54. The van der Waals surface area contributed by atoms with Crippen LogP contribution in [0.1, 0.15) is 35.7 Å². The maximum absolute atomic E-state index is 13.2. The maximum atomic E-state index is 13.2. The summed E-state index contributed by atoms with van der Waals surface area (Å²) in [6.07, 6.45) is 2.42. The van der Waals surface area contributed by atoms with Gasteiger partial charge in [0.1, 0.15) is 34.2 Å². The number of carbonyl (C=O) groups excluding carboxylic acids is 1. The average molecular weight is 536 g/mol. The number of ether oxygens (including phenoxy) is 2. The van der Waals surface area contributed by atoms with Crippen LogP contribution in [0.3, 0.4) is 0 Å². The monoisotopic (exact) mass is 535 g/mol. The molecule has 196 valence electrons. The molecular weight excluding hydrogens is 509 g/mol. The highest BCUT2D eigenvalue weighted by atomic mass is 32.2. The first-order valence-corrected chi connectivity index (χ1v) is 14.0. The molecule has 0 spiro atoms. The summed E-state index contributed by atoms with van der Waals surface area (Å²) in [5.41, 5.74) is 3.12. The molecular formula is C29H26FNO6S. The van der Waals surface area contributed by atoms with Crippen LogP contribution in [0.15, 0.2) is 71.7 Å². The van der Waals surface area contributed by atoms with Gasteiger partial charge in [-0.15, -0.1) is 0 Å². The molecule has 0 aliphatic carbocycles. The number of halogens is 1. The number of furan rings is 1. The lowest BCUT2D eigenvalue weighted by Crippen LogP contribution is -2.30. The summed E-state index contributed by atoms with van der Waals surface area (Å²) >= 11 is 0. The Kier molecular flexibility index (Phi) is 6.71. The Morgan fingerprint density at radius 1 is 1.08 bits per heavy atom. The van der Waals surface area contributed by atoms with Gasteiger partial charge in [-0.1, -0.05) is 6.58 Å². The number of rotatable bonds is 6. The lowest BCUT2D eigenvalue weighted by molar-refractivity contribution is 0.0528. The molecule has 0 amide bonds. The van der Waals surface area contributed by atoms with E-state index in [2.05, 4.69) is 6.58 Å². The van der Waals surface area contributed by atoms with E-state index in [0.717, 1.165) is 5.57 Å². The molecule has 0 atom stereocenters. The summed E-state index contributed by atoms with van der Waals surface area (Å²) in [4.78, 5) is 13.1. The molecule has 0 saturated heterocycles. The summed E-state index contributed by atoms with van der Waals surface area (Å²) in [6, 6.07) is 16.0. The van der Waals surface area contributed by atoms with Crippen LogP contribution < -0.4 is 9.04 Å². The van der Waals surface area contributed by atoms with Gasteiger partial charge in [-0.05, 0) is 79.9 Å². The number of esters is 1. The first-order chi connectivity index (χ1) is 18.2. The summed E-state index contributed by atoms with van der Waals surface area (Å²) in [6.45, 7) is 6.38. The van der Waals surface area contributed by atoms with Crippen molar-refractivity contribution in [2.45, 2.75) is 19.8 Å². The van der Waals surface area contributed by atoms with Gasteiger partial charge in [0.25, 0.3) is 0 Å². The molecule has 0 radical (unpaired) electrons. The van der Waals surface area contributed by atoms with E-state index in [4.69, 9.17) is 13.9 Å². The van der Waals surface area contributed by atoms with E-state index in [1.54, 1.807) is 43.3 Å². The van der Waals surface area contributed by atoms with Crippen molar-refractivity contribution in [3.8, 4) is 22.8 Å². The van der Waals surface area contributed by atoms with Gasteiger partial charge in [0.15, 0.2) is 0 Å². The Morgan fingerprint density at radius 2 is 1.74 bits per heavy atom. The minimum Gasteiger partial charge on any atom is -0.462 e. The third-order valence-corrected chi connectivity index (χ3v) is 7.52. The zero-order valence-electron chi connectivity index (χ0n) is 21.0. The normalized spacial score (nSPS) is 13.8. The Bertz CT molecular complexity index is 1640. The third kappa shape index (κ3) is 4.89. The Hall–Kier alpha value is -4.11. The van der Waals surface area contributed by atoms with Gasteiger partial charge in [0.05, 0.1) is 18.6 Å². The molecule has 2 heterocycles. The number of benzene rings is 3. The lowest BCUT2D eigenvalue weighted by Gasteiger charge is -2.22. The molecule has 7 nitrogen and oxygen atoms in total. The number of allylic oxidation sites excluding steroid dienone is 1. The number of hydrogen-bond acceptors (Lipinski definition) is 6. The standard InChI is InChI=1S/C29H26FNO6S/c1-4-35-29(32)27-24-16-23-18(2)6-5-15-31(38(3,33)34)25(23)17-26(24)37-28(27)19-7-11-21(12-8-19)36-22-13-9-20(30)10-14-22/h7-14,16-17H,2,4-6,15H2,1,3H3. The zero-order valence-corrected chi connectivity index (χ0v) is 21.8. The van der Waals surface area contributed by atoms with E-state index in [1.165, 1.54) is 34.8 Å². The second kappa shape index (κ2) is 9.98. The molecule has 0 bridgehead atoms. The van der Waals surface area contributed by atoms with Crippen molar-refractivity contribution in [2.75, 3.05) is 23.7 Å². The second-order valence-electron chi connectivity index (χ2n) is 9.01. The number of hydrogen-bond donors (Lipinski definition) is 0. The van der Waals surface area contributed by atoms with Crippen LogP contribution in [-0.2, 0) is 14.8 Å². The molecule has 0 N–H and O–H groups in total. The number of nitrogens with zero attached hydrogens (tertiary/aromatic N) is 1. The minimum absolute atomic E-state index is 0.175. The fraction of sp³-hybridized carbons (Fsp3) is 0.207. The number of carbonyl (C=O) groups is 1. The van der Waals surface area contributed by atoms with Crippen molar-refractivity contribution in [2.24, 2.45) is 0 Å². The molecule has 5 rings (SSSR count). The molecule has 1 aromatic heterocycles. The van der Waals surface area contributed by atoms with E-state index in [9.17, 15) is 17.6 Å². The Morgan fingerprint density at radius 3 is 2.37 bits per heavy atom. The van der Waals surface area contributed by atoms with Gasteiger partial charge in [0, 0.05) is 29.1 Å². The van der Waals surface area contributed by atoms with Crippen molar-refractivity contribution in [1.29, 1.82) is 0 Å². The highest BCUT2D eigenvalue weighted by molar-refractivity contribution is 7.92. The molecule has 38 heavy (non-hydrogen) atoms. The molecule has 3 aromatic carbocycles. The number of fused-ring (bicyclic) bond motifs is 2. The van der Waals surface area contributed by atoms with Gasteiger partial charge < -0.3 is 13.9 Å². The maximum Gasteiger partial charge on any atom is 0.342 e. The summed E-state index contributed by atoms with van der Waals surface area (Å²) in [5, 5.41) is 0.514. The zero-order chi connectivity index (χ0) is 27.0. The summed E-state index contributed by atoms with van der Waals surface area (Å²) in [7, 11) is -3.54. The van der Waals surface area contributed by atoms with Gasteiger partial charge in [-0.25, -0.2) is 17.6 Å². The molecule has 4 aromatic rings. The Labute approximate surface area is 220 Å². The van der Waals surface area contributed by atoms with Crippen molar-refractivity contribution in [3.05, 3.63) is 84.2 Å². The van der Waals surface area contributed by atoms with Gasteiger partial charge in [0.2, 0.25) is 10.0 Å². The highest BCUT2D eigenvalue weighted by Crippen LogP contribution is 2.42. The quantitative estimate of drug-likeness (QED) is 0.253. The number of sulfonamides is 1. The topological polar surface area (TPSA) is 86.0 Å². The first kappa shape index (κ1) is 25.5. The molecule has 1 aliphatic heterocycles. The highest BCUT2D eigenvalue weighted by Gasteiger charge is 2.29. The van der Waals surface area contributed by atoms with Crippen LogP contribution in [0.25, 0.3) is 27.9 Å².